The Balaban J connectivity index is 0.000000101. The third-order valence-electron chi connectivity index (χ3n) is 33.7. The third kappa shape index (κ3) is 11.1. The number of para-hydroxylation sites is 3. The van der Waals surface area contributed by atoms with Crippen molar-refractivity contribution in [2.24, 2.45) is 0 Å². The van der Waals surface area contributed by atoms with Crippen molar-refractivity contribution in [2.75, 3.05) is 0 Å². The minimum atomic E-state index is -0.719. The molecule has 0 bridgehead atoms. The molecule has 21 heterocycles. The smallest absolute Gasteiger partial charge is 0.397 e. The number of rotatable bonds is 6. The van der Waals surface area contributed by atoms with Gasteiger partial charge in [-0.25, -0.2) is 0 Å². The van der Waals surface area contributed by atoms with Gasteiger partial charge in [-0.15, -0.1) is 14.0 Å². The zero-order valence-electron chi connectivity index (χ0n) is 86.1. The van der Waals surface area contributed by atoms with E-state index in [1.165, 1.54) is 188 Å². The molecule has 3 unspecified atom stereocenters. The molecule has 0 fully saturated rings. The van der Waals surface area contributed by atoms with E-state index in [2.05, 4.69) is 491 Å². The van der Waals surface area contributed by atoms with Crippen LogP contribution >= 0.6 is 0 Å². The molecule has 3 atom stereocenters. The predicted molar refractivity (Wildman–Crippen MR) is 586 cm³/mol. The van der Waals surface area contributed by atoms with E-state index in [-0.39, 0.29) is 16.2 Å². The van der Waals surface area contributed by atoms with Crippen molar-refractivity contribution in [1.29, 1.82) is 0 Å². The van der Waals surface area contributed by atoms with Crippen LogP contribution in [-0.2, 0) is 33.2 Å². The van der Waals surface area contributed by atoms with Crippen molar-refractivity contribution in [1.82, 2.24) is 42.7 Å². The molecule has 18 nitrogen and oxygen atoms in total. The van der Waals surface area contributed by atoms with Crippen LogP contribution in [0.5, 0.6) is 34.5 Å². The third-order valence-corrected chi connectivity index (χ3v) is 33.7. The summed E-state index contributed by atoms with van der Waals surface area (Å²) in [6.07, 6.45) is 30.3. The largest absolute Gasteiger partial charge is 0.456 e. The van der Waals surface area contributed by atoms with Crippen LogP contribution in [0.4, 0.5) is 0 Å². The van der Waals surface area contributed by atoms with Gasteiger partial charge in [0.15, 0.2) is 33.2 Å². The first-order chi connectivity index (χ1) is 72.7. The summed E-state index contributed by atoms with van der Waals surface area (Å²) in [5.41, 5.74) is 40.8. The fourth-order valence-electron chi connectivity index (χ4n) is 27.5. The number of aryl methyl sites for hydroxylation is 6. The summed E-state index contributed by atoms with van der Waals surface area (Å²) in [5, 5.41) is 7.44. The minimum absolute atomic E-state index is 0.0239. The van der Waals surface area contributed by atoms with Crippen molar-refractivity contribution >= 4 is 65.4 Å². The van der Waals surface area contributed by atoms with Crippen LogP contribution < -0.4 is 42.0 Å². The SMILES string of the molecule is Cc1cc(-c2ccccn2)cc(C)c1-c1cn2[n+](c1)C13c4c(cccc4-2)Oc2ccc4c5ccccc5n(c4c21)-c1cc(C(C)(C)C)cc[n+]13.Cc1cc(-c2cccnc2)cc(C)c1-c1cn2[n+](c1)C13c4c(cccc4-2)Oc2ccc4c5ccccc5n(c4c21)-c1cc(C(C)(C)C)cc[n+]13.Cc1cc(-c2ccncc2)cc(C)c1-c1cn2[n+](c1)C13c4c(cccc4-2)Oc2ccc4c5ccccc5n(c4c21)-c1cc(C(C)(C)C)cc[n+]13. The quantitative estimate of drug-likeness (QED) is 0.153. The van der Waals surface area contributed by atoms with Crippen LogP contribution in [0.15, 0.2) is 366 Å². The lowest BCUT2D eigenvalue weighted by Gasteiger charge is -2.33. The van der Waals surface area contributed by atoms with Crippen molar-refractivity contribution in [3.8, 4) is 136 Å². The molecule has 9 aliphatic rings. The second-order valence-corrected chi connectivity index (χ2v) is 45.4. The first-order valence-electron chi connectivity index (χ1n) is 52.1. The topological polar surface area (TPSA) is 119 Å². The predicted octanol–water partition coefficient (Wildman–Crippen LogP) is 26.5. The number of ether oxygens (including phenoxy) is 3. The van der Waals surface area contributed by atoms with Gasteiger partial charge in [-0.3, -0.25) is 15.0 Å². The zero-order chi connectivity index (χ0) is 101. The average Bonchev–Trinajstić information content (AvgIpc) is 1.48. The highest BCUT2D eigenvalue weighted by Gasteiger charge is 2.73. The summed E-state index contributed by atoms with van der Waals surface area (Å²) >= 11 is 0. The van der Waals surface area contributed by atoms with Crippen LogP contribution in [0.2, 0.25) is 0 Å². The summed E-state index contributed by atoms with van der Waals surface area (Å²) in [6, 6.07) is 101. The van der Waals surface area contributed by atoms with Crippen molar-refractivity contribution < 1.29 is 42.0 Å². The van der Waals surface area contributed by atoms with Gasteiger partial charge in [-0.1, -0.05) is 167 Å². The Labute approximate surface area is 866 Å². The van der Waals surface area contributed by atoms with Gasteiger partial charge in [0.05, 0.1) is 59.6 Å². The van der Waals surface area contributed by atoms with Crippen LogP contribution in [0, 0.1) is 41.5 Å². The molecule has 0 saturated carbocycles. The van der Waals surface area contributed by atoms with Gasteiger partial charge in [0.2, 0.25) is 18.6 Å². The molecular formula is C132H105N15O3+6. The molecule has 3 spiro atoms. The monoisotopic (exact) mass is 1950 g/mol. The van der Waals surface area contributed by atoms with Gasteiger partial charge in [0, 0.05) is 92.6 Å². The normalized spacial score (nSPS) is 16.3. The Morgan fingerprint density at radius 2 is 0.607 bits per heavy atom. The number of pyridine rings is 6. The van der Waals surface area contributed by atoms with Gasteiger partial charge >= 0.3 is 17.0 Å². The molecule has 18 heteroatoms. The van der Waals surface area contributed by atoms with Crippen molar-refractivity contribution in [2.45, 2.75) is 137 Å². The number of benzene rings is 12. The van der Waals surface area contributed by atoms with Gasteiger partial charge < -0.3 is 14.2 Å². The molecule has 0 amide bonds. The summed E-state index contributed by atoms with van der Waals surface area (Å²) in [4.78, 5) is 13.3. The highest BCUT2D eigenvalue weighted by molar-refractivity contribution is 6.14. The van der Waals surface area contributed by atoms with E-state index >= 15 is 0 Å². The van der Waals surface area contributed by atoms with E-state index in [9.17, 15) is 0 Å². The molecule has 12 aromatic heterocycles. The van der Waals surface area contributed by atoms with Crippen molar-refractivity contribution in [3.05, 3.63) is 449 Å². The van der Waals surface area contributed by atoms with E-state index in [1.807, 2.05) is 49.2 Å². The second kappa shape index (κ2) is 29.7. The molecule has 33 rings (SSSR count). The fourth-order valence-corrected chi connectivity index (χ4v) is 27.5. The Morgan fingerprint density at radius 3 is 0.947 bits per heavy atom. The first kappa shape index (κ1) is 86.3. The first-order valence-corrected chi connectivity index (χ1v) is 52.1. The highest BCUT2D eigenvalue weighted by Crippen LogP contribution is 2.61. The van der Waals surface area contributed by atoms with Gasteiger partial charge in [-0.05, 0) is 311 Å². The Hall–Kier alpha value is -18.0. The van der Waals surface area contributed by atoms with E-state index in [4.69, 9.17) is 14.2 Å². The average molecular weight is 1950 g/mol. The molecule has 24 aromatic rings. The summed E-state index contributed by atoms with van der Waals surface area (Å²) in [5.74, 6) is 8.78. The maximum Gasteiger partial charge on any atom is 0.397 e. The minimum Gasteiger partial charge on any atom is -0.456 e. The second-order valence-electron chi connectivity index (χ2n) is 45.4. The Morgan fingerprint density at radius 1 is 0.267 bits per heavy atom. The molecule has 150 heavy (non-hydrogen) atoms. The van der Waals surface area contributed by atoms with E-state index in [0.29, 0.717) is 0 Å². The summed E-state index contributed by atoms with van der Waals surface area (Å²) in [6.45, 7) is 34.0. The lowest BCUT2D eigenvalue weighted by atomic mass is 9.83. The highest BCUT2D eigenvalue weighted by atomic mass is 16.5. The Bertz CT molecular complexity index is 9250. The summed E-state index contributed by atoms with van der Waals surface area (Å²) < 4.78 is 50.0. The van der Waals surface area contributed by atoms with Gasteiger partial charge in [-0.2, -0.15) is 27.4 Å². The molecule has 0 aliphatic carbocycles. The zero-order valence-corrected chi connectivity index (χ0v) is 86.1. The van der Waals surface area contributed by atoms with Crippen LogP contribution in [0.25, 0.3) is 167 Å². The summed E-state index contributed by atoms with van der Waals surface area (Å²) in [7, 11) is 0. The number of aromatic nitrogens is 15. The lowest BCUT2D eigenvalue weighted by molar-refractivity contribution is -0.993. The van der Waals surface area contributed by atoms with Gasteiger partial charge in [0.25, 0.3) is 17.5 Å². The molecule has 0 radical (unpaired) electrons. The standard InChI is InChI=1S/3C44H35N5O/c1-26-20-29(28-10-9-18-45-23-28)21-27(2)39(26)30-24-47-35-13-8-14-36-40(35)44(48(47)25-30)41-37(50-36)16-15-33-32-11-6-7-12-34(32)49(42(33)41)38-22-31(43(3,4)5)17-19-46(38)44;1-26-21-28(33-12-8-9-19-45-33)22-27(2)39(26)29-24-47-35-14-10-15-36-40(35)44(48(47)25-29)41-37(50-36)17-16-32-31-11-6-7-13-34(31)49(42(32)41)38-23-30(43(3,4)5)18-20-46(38)44;1-26-21-29(28-15-18-45-19-16-28)22-27(2)39(26)30-24-47-35-11-8-12-36-40(35)44(48(47)25-30)41-37(50-36)14-13-33-32-9-6-7-10-34(32)49(42(33)41)38-23-31(43(3,4)5)17-20-46(38)44/h3*6-25H,1-5H3/q3*+2. The van der Waals surface area contributed by atoms with E-state index in [1.54, 1.807) is 0 Å². The molecular weight excluding hydrogens is 1840 g/mol. The van der Waals surface area contributed by atoms with E-state index in [0.717, 1.165) is 97.0 Å². The number of nitrogens with zero attached hydrogens (tertiary/aromatic N) is 15. The van der Waals surface area contributed by atoms with Crippen LogP contribution in [0.3, 0.4) is 0 Å². The maximum absolute atomic E-state index is 6.87. The maximum atomic E-state index is 6.87. The number of fused-ring (bicyclic) bond motifs is 21. The van der Waals surface area contributed by atoms with Gasteiger partial charge in [0.1, 0.15) is 84.8 Å². The molecule has 720 valence electrons. The Kier molecular flexibility index (Phi) is 17.1. The molecule has 9 aliphatic heterocycles. The molecule has 0 saturated heterocycles. The van der Waals surface area contributed by atoms with E-state index < -0.39 is 17.0 Å². The van der Waals surface area contributed by atoms with Crippen LogP contribution in [-0.4, -0.2) is 42.7 Å². The number of hydrogen-bond acceptors (Lipinski definition) is 6. The molecule has 12 aromatic carbocycles. The fraction of sp³-hybridized carbons (Fsp3) is 0.159. The lowest BCUT2D eigenvalue weighted by Crippen LogP contribution is -2.76. The molecule has 0 N–H and O–H groups in total. The van der Waals surface area contributed by atoms with Crippen molar-refractivity contribution in [3.63, 3.8) is 0 Å². The number of hydrogen-bond donors (Lipinski definition) is 0. The van der Waals surface area contributed by atoms with Crippen LogP contribution in [0.1, 0.15) is 146 Å².